The van der Waals surface area contributed by atoms with E-state index in [1.54, 1.807) is 19.3 Å². The predicted octanol–water partition coefficient (Wildman–Crippen LogP) is 5.40. The van der Waals surface area contributed by atoms with Crippen molar-refractivity contribution in [1.82, 2.24) is 19.7 Å². The molecule has 35 heavy (non-hydrogen) atoms. The summed E-state index contributed by atoms with van der Waals surface area (Å²) < 4.78 is 1.96. The van der Waals surface area contributed by atoms with Gasteiger partial charge in [-0.3, -0.25) is 24.5 Å². The summed E-state index contributed by atoms with van der Waals surface area (Å²) in [6.07, 6.45) is 3.43. The Morgan fingerprint density at radius 1 is 1.14 bits per heavy atom. The van der Waals surface area contributed by atoms with E-state index in [0.29, 0.717) is 22.2 Å². The quantitative estimate of drug-likeness (QED) is 0.200. The van der Waals surface area contributed by atoms with E-state index in [1.807, 2.05) is 34.9 Å². The molecule has 9 nitrogen and oxygen atoms in total. The molecule has 0 bridgehead atoms. The third-order valence-electron chi connectivity index (χ3n) is 5.38. The number of carbonyl (C=O) groups excluding carboxylic acids is 1. The second-order valence-corrected chi connectivity index (χ2v) is 9.13. The molecule has 4 rings (SSSR count). The van der Waals surface area contributed by atoms with Crippen LogP contribution in [-0.4, -0.2) is 36.3 Å². The van der Waals surface area contributed by atoms with Crippen LogP contribution in [0.4, 0.5) is 11.4 Å². The second kappa shape index (κ2) is 10.5. The van der Waals surface area contributed by atoms with E-state index in [9.17, 15) is 14.9 Å². The highest BCUT2D eigenvalue weighted by Gasteiger charge is 2.20. The molecule has 0 spiro atoms. The van der Waals surface area contributed by atoms with Crippen LogP contribution in [0.25, 0.3) is 17.1 Å². The van der Waals surface area contributed by atoms with Crippen LogP contribution in [0.3, 0.4) is 0 Å². The number of nitro groups is 1. The molecule has 1 amide bonds. The normalized spacial score (nSPS) is 11.0. The molecule has 10 heteroatoms. The molecule has 0 fully saturated rings. The van der Waals surface area contributed by atoms with Crippen LogP contribution in [-0.2, 0) is 4.79 Å². The van der Waals surface area contributed by atoms with Crippen LogP contribution in [0.15, 0.2) is 72.1 Å². The Balaban J connectivity index is 1.62. The Kier molecular flexibility index (Phi) is 7.21. The van der Waals surface area contributed by atoms with Crippen molar-refractivity contribution >= 4 is 29.0 Å². The molecule has 2 heterocycles. The fourth-order valence-electron chi connectivity index (χ4n) is 3.66. The number of nitrogens with one attached hydrogen (secondary N) is 1. The van der Waals surface area contributed by atoms with Crippen LogP contribution >= 0.6 is 11.8 Å². The van der Waals surface area contributed by atoms with Crippen molar-refractivity contribution in [3.63, 3.8) is 0 Å². The van der Waals surface area contributed by atoms with Gasteiger partial charge in [0.15, 0.2) is 11.0 Å². The van der Waals surface area contributed by atoms with Crippen LogP contribution < -0.4 is 5.32 Å². The van der Waals surface area contributed by atoms with Gasteiger partial charge in [0.05, 0.1) is 16.4 Å². The number of amides is 1. The molecule has 0 radical (unpaired) electrons. The molecule has 2 aromatic heterocycles. The van der Waals surface area contributed by atoms with Crippen molar-refractivity contribution in [2.75, 3.05) is 11.1 Å². The zero-order chi connectivity index (χ0) is 24.9. The van der Waals surface area contributed by atoms with Crippen LogP contribution in [0, 0.1) is 17.0 Å². The van der Waals surface area contributed by atoms with E-state index in [1.165, 1.54) is 30.0 Å². The summed E-state index contributed by atoms with van der Waals surface area (Å²) >= 11 is 1.27. The Hall–Kier alpha value is -4.05. The van der Waals surface area contributed by atoms with Gasteiger partial charge in [-0.2, -0.15) is 0 Å². The Morgan fingerprint density at radius 2 is 1.94 bits per heavy atom. The van der Waals surface area contributed by atoms with Gasteiger partial charge in [-0.05, 0) is 48.2 Å². The number of aromatic nitrogens is 4. The lowest BCUT2D eigenvalue weighted by Crippen LogP contribution is -2.15. The minimum atomic E-state index is -0.462. The largest absolute Gasteiger partial charge is 0.325 e. The summed E-state index contributed by atoms with van der Waals surface area (Å²) in [6.45, 7) is 5.97. The number of carbonyl (C=O) groups is 1. The Labute approximate surface area is 206 Å². The van der Waals surface area contributed by atoms with Crippen molar-refractivity contribution < 1.29 is 9.72 Å². The number of hydrogen-bond acceptors (Lipinski definition) is 7. The number of thioether (sulfide) groups is 1. The van der Waals surface area contributed by atoms with Crippen LogP contribution in [0.1, 0.15) is 30.9 Å². The smallest absolute Gasteiger partial charge is 0.269 e. The van der Waals surface area contributed by atoms with Gasteiger partial charge in [0.1, 0.15) is 0 Å². The first-order valence-electron chi connectivity index (χ1n) is 11.0. The number of nitrogens with zero attached hydrogens (tertiary/aromatic N) is 5. The summed E-state index contributed by atoms with van der Waals surface area (Å²) in [7, 11) is 0. The first kappa shape index (κ1) is 24.1. The number of nitro benzene ring substituents is 1. The van der Waals surface area contributed by atoms with Crippen LogP contribution in [0.5, 0.6) is 0 Å². The van der Waals surface area contributed by atoms with Crippen molar-refractivity contribution in [3.8, 4) is 17.1 Å². The average Bonchev–Trinajstić information content (AvgIpc) is 3.28. The first-order chi connectivity index (χ1) is 16.8. The SMILES string of the molecule is Cc1cc([N+](=O)[O-])ccc1NC(=O)CSc1nnc(-c2cccnc2)n1-c1ccccc1C(C)C. The molecule has 178 valence electrons. The highest BCUT2D eigenvalue weighted by molar-refractivity contribution is 7.99. The minimum absolute atomic E-state index is 0.0188. The number of non-ortho nitro benzene ring substituents is 1. The summed E-state index contributed by atoms with van der Waals surface area (Å²) in [5, 5.41) is 23.2. The lowest BCUT2D eigenvalue weighted by molar-refractivity contribution is -0.384. The minimum Gasteiger partial charge on any atom is -0.325 e. The fourth-order valence-corrected chi connectivity index (χ4v) is 4.40. The van der Waals surface area contributed by atoms with E-state index in [4.69, 9.17) is 0 Å². The lowest BCUT2D eigenvalue weighted by Gasteiger charge is -2.17. The third-order valence-corrected chi connectivity index (χ3v) is 6.31. The van der Waals surface area contributed by atoms with Gasteiger partial charge in [0, 0.05) is 35.8 Å². The molecular weight excluding hydrogens is 464 g/mol. The second-order valence-electron chi connectivity index (χ2n) is 8.19. The third kappa shape index (κ3) is 5.38. The van der Waals surface area contributed by atoms with Crippen molar-refractivity contribution in [2.24, 2.45) is 0 Å². The fraction of sp³-hybridized carbons (Fsp3) is 0.200. The zero-order valence-corrected chi connectivity index (χ0v) is 20.3. The maximum absolute atomic E-state index is 12.7. The summed E-state index contributed by atoms with van der Waals surface area (Å²) in [6, 6.07) is 16.2. The average molecular weight is 489 g/mol. The van der Waals surface area contributed by atoms with E-state index in [0.717, 1.165) is 16.8 Å². The number of para-hydroxylation sites is 1. The molecular formula is C25H24N6O3S. The number of benzene rings is 2. The Bertz CT molecular complexity index is 1370. The van der Waals surface area contributed by atoms with E-state index in [-0.39, 0.29) is 23.3 Å². The first-order valence-corrected chi connectivity index (χ1v) is 12.0. The zero-order valence-electron chi connectivity index (χ0n) is 19.5. The van der Waals surface area contributed by atoms with Crippen molar-refractivity contribution in [1.29, 1.82) is 0 Å². The molecule has 0 saturated carbocycles. The number of pyridine rings is 1. The van der Waals surface area contributed by atoms with Crippen molar-refractivity contribution in [2.45, 2.75) is 31.8 Å². The highest BCUT2D eigenvalue weighted by Crippen LogP contribution is 2.32. The van der Waals surface area contributed by atoms with Crippen molar-refractivity contribution in [3.05, 3.63) is 88.2 Å². The molecule has 0 unspecified atom stereocenters. The maximum Gasteiger partial charge on any atom is 0.269 e. The molecule has 4 aromatic rings. The van der Waals surface area contributed by atoms with E-state index >= 15 is 0 Å². The van der Waals surface area contributed by atoms with E-state index in [2.05, 4.69) is 40.4 Å². The van der Waals surface area contributed by atoms with Crippen LogP contribution in [0.2, 0.25) is 0 Å². The molecule has 0 aliphatic heterocycles. The van der Waals surface area contributed by atoms with Gasteiger partial charge in [-0.1, -0.05) is 43.8 Å². The summed E-state index contributed by atoms with van der Waals surface area (Å²) in [5.41, 5.74) is 4.02. The summed E-state index contributed by atoms with van der Waals surface area (Å²) in [5.74, 6) is 0.745. The molecule has 0 atom stereocenters. The van der Waals surface area contributed by atoms with E-state index < -0.39 is 4.92 Å². The predicted molar refractivity (Wildman–Crippen MR) is 136 cm³/mol. The van der Waals surface area contributed by atoms with Gasteiger partial charge in [0.2, 0.25) is 5.91 Å². The molecule has 2 aromatic carbocycles. The number of anilines is 1. The van der Waals surface area contributed by atoms with Gasteiger partial charge in [-0.15, -0.1) is 10.2 Å². The standard InChI is InChI=1S/C25H24N6O3S/c1-16(2)20-8-4-5-9-22(20)30-24(18-7-6-12-26-14-18)28-29-25(30)35-15-23(32)27-21-11-10-19(31(33)34)13-17(21)3/h4-14,16H,15H2,1-3H3,(H,27,32). The molecule has 0 aliphatic carbocycles. The number of hydrogen-bond donors (Lipinski definition) is 1. The van der Waals surface area contributed by atoms with Gasteiger partial charge >= 0.3 is 0 Å². The van der Waals surface area contributed by atoms with Gasteiger partial charge in [-0.25, -0.2) is 0 Å². The van der Waals surface area contributed by atoms with Gasteiger partial charge in [0.25, 0.3) is 5.69 Å². The molecule has 1 N–H and O–H groups in total. The topological polar surface area (TPSA) is 116 Å². The van der Waals surface area contributed by atoms with Gasteiger partial charge < -0.3 is 5.32 Å². The molecule has 0 saturated heterocycles. The monoisotopic (exact) mass is 488 g/mol. The maximum atomic E-state index is 12.7. The lowest BCUT2D eigenvalue weighted by atomic mass is 10.0. The Morgan fingerprint density at radius 3 is 2.63 bits per heavy atom. The molecule has 0 aliphatic rings. The number of rotatable bonds is 8. The number of aryl methyl sites for hydroxylation is 1. The highest BCUT2D eigenvalue weighted by atomic mass is 32.2. The summed E-state index contributed by atoms with van der Waals surface area (Å²) in [4.78, 5) is 27.4.